The third-order valence-electron chi connectivity index (χ3n) is 6.98. The number of sulfonamides is 1. The third-order valence-corrected chi connectivity index (χ3v) is 7.91. The highest BCUT2D eigenvalue weighted by atomic mass is 32.2. The Morgan fingerprint density at radius 3 is 1.86 bits per heavy atom. The van der Waals surface area contributed by atoms with Crippen molar-refractivity contribution >= 4 is 15.9 Å². The number of benzene rings is 3. The lowest BCUT2D eigenvalue weighted by atomic mass is 9.85. The number of amides is 1. The van der Waals surface area contributed by atoms with E-state index in [0.29, 0.717) is 11.5 Å². The molecule has 0 radical (unpaired) electrons. The van der Waals surface area contributed by atoms with Gasteiger partial charge in [0.25, 0.3) is 5.91 Å². The second-order valence-corrected chi connectivity index (χ2v) is 11.2. The number of primary sulfonamides is 1. The lowest BCUT2D eigenvalue weighted by Crippen LogP contribution is -2.29. The van der Waals surface area contributed by atoms with E-state index in [1.807, 2.05) is 31.2 Å². The lowest BCUT2D eigenvalue weighted by molar-refractivity contribution is 0.0943. The summed E-state index contributed by atoms with van der Waals surface area (Å²) in [6, 6.07) is 22.2. The summed E-state index contributed by atoms with van der Waals surface area (Å²) in [6.45, 7) is 2.04. The number of aryl methyl sites for hydroxylation is 1. The maximum Gasteiger partial charge on any atom is 0.252 e. The maximum atomic E-state index is 13.1. The quantitative estimate of drug-likeness (QED) is 0.445. The van der Waals surface area contributed by atoms with Crippen molar-refractivity contribution < 1.29 is 13.2 Å². The van der Waals surface area contributed by atoms with Crippen LogP contribution in [0.25, 0.3) is 0 Å². The second-order valence-electron chi connectivity index (χ2n) is 9.60. The summed E-state index contributed by atoms with van der Waals surface area (Å²) < 4.78 is 23.1. The van der Waals surface area contributed by atoms with E-state index >= 15 is 0 Å². The highest BCUT2D eigenvalue weighted by Crippen LogP contribution is 2.32. The van der Waals surface area contributed by atoms with E-state index in [1.165, 1.54) is 74.8 Å². The van der Waals surface area contributed by atoms with Crippen molar-refractivity contribution in [3.05, 3.63) is 101 Å². The van der Waals surface area contributed by atoms with E-state index in [9.17, 15) is 13.2 Å². The standard InChI is InChI=1S/C29H34N2O3S/c1-21-9-11-24(12-10-21)28(31-29(32)26-17-19-27(20-18-26)35(30,33)34)25-15-13-23(14-16-25)22-7-5-3-2-4-6-8-22/h9-20,22,28H,2-8H2,1H3,(H,31,32)(H2,30,33,34). The van der Waals surface area contributed by atoms with Crippen molar-refractivity contribution in [1.29, 1.82) is 0 Å². The first-order valence-electron chi connectivity index (χ1n) is 12.4. The molecule has 0 spiro atoms. The molecular weight excluding hydrogens is 456 g/mol. The molecule has 4 rings (SSSR count). The topological polar surface area (TPSA) is 89.3 Å². The summed E-state index contributed by atoms with van der Waals surface area (Å²) in [5.41, 5.74) is 4.91. The summed E-state index contributed by atoms with van der Waals surface area (Å²) in [7, 11) is -3.81. The number of carbonyl (C=O) groups is 1. The Kier molecular flexibility index (Phi) is 8.04. The molecule has 1 unspecified atom stereocenters. The monoisotopic (exact) mass is 490 g/mol. The smallest absolute Gasteiger partial charge is 0.252 e. The van der Waals surface area contributed by atoms with E-state index in [4.69, 9.17) is 5.14 Å². The van der Waals surface area contributed by atoms with E-state index in [2.05, 4.69) is 29.6 Å². The van der Waals surface area contributed by atoms with Crippen LogP contribution in [0.3, 0.4) is 0 Å². The van der Waals surface area contributed by atoms with Crippen molar-refractivity contribution in [1.82, 2.24) is 5.32 Å². The van der Waals surface area contributed by atoms with Gasteiger partial charge in [-0.15, -0.1) is 0 Å². The molecular formula is C29H34N2O3S. The largest absolute Gasteiger partial charge is 0.341 e. The van der Waals surface area contributed by atoms with Crippen molar-refractivity contribution in [3.8, 4) is 0 Å². The average Bonchev–Trinajstić information content (AvgIpc) is 2.83. The molecule has 1 amide bonds. The van der Waals surface area contributed by atoms with Crippen molar-refractivity contribution in [2.24, 2.45) is 5.14 Å². The molecule has 1 saturated carbocycles. The molecule has 0 saturated heterocycles. The molecule has 0 heterocycles. The average molecular weight is 491 g/mol. The van der Waals surface area contributed by atoms with E-state index in [0.717, 1.165) is 16.7 Å². The first-order chi connectivity index (χ1) is 16.8. The van der Waals surface area contributed by atoms with Crippen LogP contribution in [0.15, 0.2) is 77.7 Å². The molecule has 3 N–H and O–H groups in total. The second kappa shape index (κ2) is 11.2. The number of carbonyl (C=O) groups excluding carboxylic acids is 1. The Balaban J connectivity index is 1.58. The molecule has 1 atom stereocenters. The van der Waals surface area contributed by atoms with Crippen LogP contribution in [0.1, 0.15) is 89.5 Å². The fourth-order valence-electron chi connectivity index (χ4n) is 4.88. The van der Waals surface area contributed by atoms with Gasteiger partial charge in [-0.1, -0.05) is 86.2 Å². The Morgan fingerprint density at radius 2 is 1.31 bits per heavy atom. The van der Waals surface area contributed by atoms with Crippen molar-refractivity contribution in [2.75, 3.05) is 0 Å². The normalized spacial score (nSPS) is 16.2. The summed E-state index contributed by atoms with van der Waals surface area (Å²) >= 11 is 0. The Morgan fingerprint density at radius 1 is 0.800 bits per heavy atom. The van der Waals surface area contributed by atoms with Crippen LogP contribution in [0, 0.1) is 6.92 Å². The molecule has 0 bridgehead atoms. The third kappa shape index (κ3) is 6.59. The molecule has 184 valence electrons. The van der Waals surface area contributed by atoms with Gasteiger partial charge < -0.3 is 5.32 Å². The summed E-state index contributed by atoms with van der Waals surface area (Å²) in [6.07, 6.45) is 9.08. The van der Waals surface area contributed by atoms with E-state index < -0.39 is 10.0 Å². The number of hydrogen-bond donors (Lipinski definition) is 2. The molecule has 5 nitrogen and oxygen atoms in total. The Hall–Kier alpha value is -2.96. The predicted octanol–water partition coefficient (Wildman–Crippen LogP) is 5.99. The van der Waals surface area contributed by atoms with E-state index in [-0.39, 0.29) is 16.8 Å². The zero-order valence-corrected chi connectivity index (χ0v) is 21.1. The van der Waals surface area contributed by atoms with Gasteiger partial charge in [-0.3, -0.25) is 4.79 Å². The SMILES string of the molecule is Cc1ccc(C(NC(=O)c2ccc(S(N)(=O)=O)cc2)c2ccc(C3CCCCCCC3)cc2)cc1. The molecule has 0 aromatic heterocycles. The zero-order chi connectivity index (χ0) is 24.8. The molecule has 0 aliphatic heterocycles. The Bertz CT molecular complexity index is 1230. The van der Waals surface area contributed by atoms with Gasteiger partial charge in [0.1, 0.15) is 0 Å². The fraction of sp³-hybridized carbons (Fsp3) is 0.345. The summed E-state index contributed by atoms with van der Waals surface area (Å²) in [4.78, 5) is 13.1. The number of nitrogens with one attached hydrogen (secondary N) is 1. The maximum absolute atomic E-state index is 13.1. The fourth-order valence-corrected chi connectivity index (χ4v) is 5.39. The molecule has 3 aromatic rings. The first-order valence-corrected chi connectivity index (χ1v) is 14.0. The van der Waals surface area contributed by atoms with Gasteiger partial charge in [-0.05, 0) is 66.6 Å². The minimum absolute atomic E-state index is 0.0195. The molecule has 3 aromatic carbocycles. The zero-order valence-electron chi connectivity index (χ0n) is 20.2. The van der Waals surface area contributed by atoms with Crippen LogP contribution < -0.4 is 10.5 Å². The van der Waals surface area contributed by atoms with Gasteiger partial charge in [-0.2, -0.15) is 0 Å². The minimum atomic E-state index is -3.81. The van der Waals surface area contributed by atoms with Gasteiger partial charge in [0, 0.05) is 5.56 Å². The van der Waals surface area contributed by atoms with Crippen molar-refractivity contribution in [3.63, 3.8) is 0 Å². The number of rotatable bonds is 6. The summed E-state index contributed by atoms with van der Waals surface area (Å²) in [5, 5.41) is 8.32. The van der Waals surface area contributed by atoms with E-state index in [1.54, 1.807) is 0 Å². The van der Waals surface area contributed by atoms with Crippen molar-refractivity contribution in [2.45, 2.75) is 68.7 Å². The highest BCUT2D eigenvalue weighted by Gasteiger charge is 2.20. The molecule has 6 heteroatoms. The van der Waals surface area contributed by atoms with Crippen LogP contribution in [-0.4, -0.2) is 14.3 Å². The van der Waals surface area contributed by atoms with Gasteiger partial charge in [-0.25, -0.2) is 13.6 Å². The van der Waals surface area contributed by atoms with Crippen LogP contribution in [-0.2, 0) is 10.0 Å². The van der Waals surface area contributed by atoms with Gasteiger partial charge >= 0.3 is 0 Å². The van der Waals surface area contributed by atoms with Crippen LogP contribution in [0.2, 0.25) is 0 Å². The molecule has 1 fully saturated rings. The van der Waals surface area contributed by atoms with Gasteiger partial charge in [0.2, 0.25) is 10.0 Å². The van der Waals surface area contributed by atoms with Crippen LogP contribution in [0.5, 0.6) is 0 Å². The molecule has 35 heavy (non-hydrogen) atoms. The molecule has 1 aliphatic rings. The predicted molar refractivity (Wildman–Crippen MR) is 140 cm³/mol. The van der Waals surface area contributed by atoms with Gasteiger partial charge in [0.15, 0.2) is 0 Å². The number of hydrogen-bond acceptors (Lipinski definition) is 3. The van der Waals surface area contributed by atoms with Crippen LogP contribution >= 0.6 is 0 Å². The van der Waals surface area contributed by atoms with Crippen LogP contribution in [0.4, 0.5) is 0 Å². The number of nitrogens with two attached hydrogens (primary N) is 1. The Labute approximate surface area is 208 Å². The van der Waals surface area contributed by atoms with Gasteiger partial charge in [0.05, 0.1) is 10.9 Å². The summed E-state index contributed by atoms with van der Waals surface area (Å²) in [5.74, 6) is 0.328. The minimum Gasteiger partial charge on any atom is -0.341 e. The molecule has 1 aliphatic carbocycles. The lowest BCUT2D eigenvalue weighted by Gasteiger charge is -2.23. The first kappa shape index (κ1) is 25.1. The highest BCUT2D eigenvalue weighted by molar-refractivity contribution is 7.89.